The summed E-state index contributed by atoms with van der Waals surface area (Å²) in [7, 11) is -3.51. The molecule has 0 radical (unpaired) electrons. The molecule has 1 aromatic carbocycles. The first-order chi connectivity index (χ1) is 9.73. The Morgan fingerprint density at radius 3 is 2.48 bits per heavy atom. The Hall–Kier alpha value is -1.11. The molecule has 0 unspecified atom stereocenters. The lowest BCUT2D eigenvalue weighted by atomic mass is 9.88. The van der Waals surface area contributed by atoms with E-state index in [0.29, 0.717) is 25.3 Å². The van der Waals surface area contributed by atoms with Crippen LogP contribution in [0.1, 0.15) is 33.6 Å². The average Bonchev–Trinajstić information content (AvgIpc) is 2.42. The van der Waals surface area contributed by atoms with Crippen molar-refractivity contribution in [2.45, 2.75) is 38.5 Å². The number of sulfonamides is 1. The molecule has 6 heteroatoms. The maximum absolute atomic E-state index is 12.7. The van der Waals surface area contributed by atoms with E-state index in [0.717, 1.165) is 12.8 Å². The van der Waals surface area contributed by atoms with Crippen LogP contribution in [0.2, 0.25) is 0 Å². The quantitative estimate of drug-likeness (QED) is 0.719. The van der Waals surface area contributed by atoms with Crippen LogP contribution in [0.25, 0.3) is 0 Å². The zero-order valence-electron chi connectivity index (χ0n) is 13.2. The Kier molecular flexibility index (Phi) is 6.19. The van der Waals surface area contributed by atoms with Crippen LogP contribution in [-0.4, -0.2) is 32.4 Å². The van der Waals surface area contributed by atoms with Gasteiger partial charge in [-0.2, -0.15) is 4.31 Å². The van der Waals surface area contributed by atoms with Gasteiger partial charge in [0.2, 0.25) is 10.0 Å². The van der Waals surface area contributed by atoms with Gasteiger partial charge in [0.05, 0.1) is 4.90 Å². The van der Waals surface area contributed by atoms with E-state index in [1.165, 1.54) is 10.4 Å². The fraction of sp³-hybridized carbons (Fsp3) is 0.600. The predicted octanol–water partition coefficient (Wildman–Crippen LogP) is 2.04. The monoisotopic (exact) mass is 313 g/mol. The minimum absolute atomic E-state index is 0.108. The molecule has 0 bridgehead atoms. The number of anilines is 1. The molecule has 0 fully saturated rings. The Morgan fingerprint density at radius 1 is 1.29 bits per heavy atom. The first-order valence-electron chi connectivity index (χ1n) is 7.28. The van der Waals surface area contributed by atoms with Gasteiger partial charge >= 0.3 is 0 Å². The van der Waals surface area contributed by atoms with E-state index < -0.39 is 10.0 Å². The van der Waals surface area contributed by atoms with Crippen LogP contribution in [0.15, 0.2) is 29.2 Å². The largest absolute Gasteiger partial charge is 0.399 e. The molecule has 0 heterocycles. The fourth-order valence-corrected chi connectivity index (χ4v) is 4.02. The molecule has 4 N–H and O–H groups in total. The summed E-state index contributed by atoms with van der Waals surface area (Å²) in [5.74, 6) is 0. The van der Waals surface area contributed by atoms with Gasteiger partial charge in [-0.15, -0.1) is 0 Å². The fourth-order valence-electron chi connectivity index (χ4n) is 2.33. The molecule has 0 aliphatic carbocycles. The minimum atomic E-state index is -3.51. The molecule has 0 atom stereocenters. The van der Waals surface area contributed by atoms with Crippen LogP contribution < -0.4 is 11.5 Å². The standard InChI is InChI=1S/C15H27N3O2S/c1-4-18(12-15(2,3)9-6-10-16)21(19,20)14-8-5-7-13(17)11-14/h5,7-8,11H,4,6,9-10,12,16-17H2,1-3H3. The molecule has 1 aromatic rings. The second kappa shape index (κ2) is 7.24. The molecule has 0 aliphatic heterocycles. The van der Waals surface area contributed by atoms with E-state index >= 15 is 0 Å². The van der Waals surface area contributed by atoms with Gasteiger partial charge in [0, 0.05) is 18.8 Å². The third-order valence-electron chi connectivity index (χ3n) is 3.51. The second-order valence-electron chi connectivity index (χ2n) is 6.06. The SMILES string of the molecule is CCN(CC(C)(C)CCCN)S(=O)(=O)c1cccc(N)c1. The first kappa shape index (κ1) is 17.9. The van der Waals surface area contributed by atoms with Gasteiger partial charge in [0.1, 0.15) is 0 Å². The number of nitrogens with two attached hydrogens (primary N) is 2. The zero-order chi connectivity index (χ0) is 16.1. The topological polar surface area (TPSA) is 89.4 Å². The van der Waals surface area contributed by atoms with Crippen LogP contribution in [0.5, 0.6) is 0 Å². The van der Waals surface area contributed by atoms with Gasteiger partial charge < -0.3 is 11.5 Å². The molecule has 0 spiro atoms. The van der Waals surface area contributed by atoms with Gasteiger partial charge in [-0.05, 0) is 43.0 Å². The molecule has 0 saturated carbocycles. The third kappa shape index (κ3) is 4.98. The Labute approximate surface area is 128 Å². The van der Waals surface area contributed by atoms with Crippen molar-refractivity contribution in [2.24, 2.45) is 11.1 Å². The van der Waals surface area contributed by atoms with E-state index in [2.05, 4.69) is 13.8 Å². The van der Waals surface area contributed by atoms with Gasteiger partial charge in [0.25, 0.3) is 0 Å². The summed E-state index contributed by atoms with van der Waals surface area (Å²) < 4.78 is 26.9. The maximum atomic E-state index is 12.7. The lowest BCUT2D eigenvalue weighted by molar-refractivity contribution is 0.244. The summed E-state index contributed by atoms with van der Waals surface area (Å²) in [6, 6.07) is 6.43. The molecule has 5 nitrogen and oxygen atoms in total. The van der Waals surface area contributed by atoms with Crippen LogP contribution in [0, 0.1) is 5.41 Å². The van der Waals surface area contributed by atoms with Gasteiger partial charge in [-0.3, -0.25) is 0 Å². The van der Waals surface area contributed by atoms with Crippen molar-refractivity contribution < 1.29 is 8.42 Å². The molecular formula is C15H27N3O2S. The van der Waals surface area contributed by atoms with Crippen molar-refractivity contribution in [3.8, 4) is 0 Å². The summed E-state index contributed by atoms with van der Waals surface area (Å²) in [5.41, 5.74) is 11.6. The Balaban J connectivity index is 2.98. The van der Waals surface area contributed by atoms with Gasteiger partial charge in [0.15, 0.2) is 0 Å². The maximum Gasteiger partial charge on any atom is 0.243 e. The summed E-state index contributed by atoms with van der Waals surface area (Å²) in [6.45, 7) is 7.52. The van der Waals surface area contributed by atoms with Crippen LogP contribution in [0.4, 0.5) is 5.69 Å². The normalized spacial score (nSPS) is 12.8. The summed E-state index contributed by atoms with van der Waals surface area (Å²) in [4.78, 5) is 0.249. The van der Waals surface area contributed by atoms with E-state index in [-0.39, 0.29) is 10.3 Å². The van der Waals surface area contributed by atoms with Crippen molar-refractivity contribution in [3.63, 3.8) is 0 Å². The Morgan fingerprint density at radius 2 is 1.95 bits per heavy atom. The Bertz CT molecular complexity index is 556. The van der Waals surface area contributed by atoms with E-state index in [9.17, 15) is 8.42 Å². The minimum Gasteiger partial charge on any atom is -0.399 e. The van der Waals surface area contributed by atoms with Crippen LogP contribution >= 0.6 is 0 Å². The highest BCUT2D eigenvalue weighted by Gasteiger charge is 2.29. The molecule has 0 amide bonds. The van der Waals surface area contributed by atoms with Gasteiger partial charge in [-0.1, -0.05) is 26.8 Å². The molecule has 0 saturated heterocycles. The smallest absolute Gasteiger partial charge is 0.243 e. The molecule has 120 valence electrons. The van der Waals surface area contributed by atoms with Crippen LogP contribution in [0.3, 0.4) is 0 Å². The third-order valence-corrected chi connectivity index (χ3v) is 5.43. The summed E-state index contributed by atoms with van der Waals surface area (Å²) in [5, 5.41) is 0. The van der Waals surface area contributed by atoms with Crippen molar-refractivity contribution in [3.05, 3.63) is 24.3 Å². The van der Waals surface area contributed by atoms with Crippen molar-refractivity contribution in [1.29, 1.82) is 0 Å². The van der Waals surface area contributed by atoms with Crippen molar-refractivity contribution in [2.75, 3.05) is 25.4 Å². The van der Waals surface area contributed by atoms with Gasteiger partial charge in [-0.25, -0.2) is 8.42 Å². The highest BCUT2D eigenvalue weighted by molar-refractivity contribution is 7.89. The van der Waals surface area contributed by atoms with E-state index in [1.807, 2.05) is 6.92 Å². The summed E-state index contributed by atoms with van der Waals surface area (Å²) in [6.07, 6.45) is 1.79. The molecular weight excluding hydrogens is 286 g/mol. The average molecular weight is 313 g/mol. The van der Waals surface area contributed by atoms with Crippen molar-refractivity contribution >= 4 is 15.7 Å². The first-order valence-corrected chi connectivity index (χ1v) is 8.73. The highest BCUT2D eigenvalue weighted by Crippen LogP contribution is 2.27. The van der Waals surface area contributed by atoms with E-state index in [4.69, 9.17) is 11.5 Å². The summed E-state index contributed by atoms with van der Waals surface area (Å²) >= 11 is 0. The molecule has 21 heavy (non-hydrogen) atoms. The number of hydrogen-bond donors (Lipinski definition) is 2. The molecule has 0 aliphatic rings. The van der Waals surface area contributed by atoms with E-state index in [1.54, 1.807) is 18.2 Å². The number of benzene rings is 1. The number of hydrogen-bond acceptors (Lipinski definition) is 4. The predicted molar refractivity (Wildman–Crippen MR) is 87.4 cm³/mol. The molecule has 0 aromatic heterocycles. The number of nitrogen functional groups attached to an aromatic ring is 1. The zero-order valence-corrected chi connectivity index (χ0v) is 14.0. The lowest BCUT2D eigenvalue weighted by Gasteiger charge is -2.31. The number of rotatable bonds is 8. The second-order valence-corrected chi connectivity index (χ2v) is 8.00. The van der Waals surface area contributed by atoms with Crippen LogP contribution in [-0.2, 0) is 10.0 Å². The van der Waals surface area contributed by atoms with Crippen molar-refractivity contribution in [1.82, 2.24) is 4.31 Å². The highest BCUT2D eigenvalue weighted by atomic mass is 32.2. The number of nitrogens with zero attached hydrogens (tertiary/aromatic N) is 1. The lowest BCUT2D eigenvalue weighted by Crippen LogP contribution is -2.39. The molecule has 1 rings (SSSR count).